The number of aromatic nitrogens is 2. The van der Waals surface area contributed by atoms with Gasteiger partial charge in [-0.05, 0) is 20.0 Å². The maximum absolute atomic E-state index is 5.94. The van der Waals surface area contributed by atoms with Crippen molar-refractivity contribution >= 4 is 23.4 Å². The molecule has 0 N–H and O–H groups in total. The van der Waals surface area contributed by atoms with Gasteiger partial charge >= 0.3 is 0 Å². The third-order valence-electron chi connectivity index (χ3n) is 2.53. The zero-order valence-corrected chi connectivity index (χ0v) is 10.5. The van der Waals surface area contributed by atoms with E-state index in [9.17, 15) is 0 Å². The average molecular weight is 244 g/mol. The predicted molar refractivity (Wildman–Crippen MR) is 64.5 cm³/mol. The van der Waals surface area contributed by atoms with Crippen LogP contribution >= 0.6 is 23.4 Å². The largest absolute Gasteiger partial charge is 0.295 e. The summed E-state index contributed by atoms with van der Waals surface area (Å²) in [6.07, 6.45) is 0. The fourth-order valence-corrected chi connectivity index (χ4v) is 3.11. The van der Waals surface area contributed by atoms with Crippen LogP contribution in [0.4, 0.5) is 0 Å². The van der Waals surface area contributed by atoms with Crippen LogP contribution in [0.5, 0.6) is 0 Å². The van der Waals surface area contributed by atoms with Gasteiger partial charge in [0.2, 0.25) is 0 Å². The average Bonchev–Trinajstić information content (AvgIpc) is 2.16. The molecule has 3 nitrogen and oxygen atoms in total. The number of hydrogen-bond acceptors (Lipinski definition) is 4. The predicted octanol–water partition coefficient (Wildman–Crippen LogP) is 2.16. The molecular formula is C10H14ClN3S. The molecule has 1 atom stereocenters. The molecule has 2 rings (SSSR count). The van der Waals surface area contributed by atoms with Gasteiger partial charge in [0.15, 0.2) is 0 Å². The molecule has 0 bridgehead atoms. The Morgan fingerprint density at radius 1 is 1.53 bits per heavy atom. The highest BCUT2D eigenvalue weighted by molar-refractivity contribution is 7.99. The second kappa shape index (κ2) is 4.68. The Hall–Kier alpha value is -0.320. The molecule has 0 radical (unpaired) electrons. The molecule has 0 aliphatic carbocycles. The lowest BCUT2D eigenvalue weighted by atomic mass is 10.2. The van der Waals surface area contributed by atoms with Crippen LogP contribution in [0.3, 0.4) is 0 Å². The lowest BCUT2D eigenvalue weighted by molar-refractivity contribution is 0.264. The smallest absolute Gasteiger partial charge is 0.148 e. The summed E-state index contributed by atoms with van der Waals surface area (Å²) in [6.45, 7) is 3.04. The first kappa shape index (κ1) is 11.2. The van der Waals surface area contributed by atoms with E-state index in [1.807, 2.05) is 18.7 Å². The first-order valence-corrected chi connectivity index (χ1v) is 6.49. The third kappa shape index (κ3) is 2.62. The summed E-state index contributed by atoms with van der Waals surface area (Å²) in [7, 11) is 2.12. The molecule has 5 heteroatoms. The van der Waals surface area contributed by atoms with Crippen LogP contribution in [0.2, 0.25) is 5.15 Å². The van der Waals surface area contributed by atoms with Gasteiger partial charge in [0, 0.05) is 23.7 Å². The summed E-state index contributed by atoms with van der Waals surface area (Å²) in [5, 5.41) is 0.543. The normalized spacial score (nSPS) is 23.0. The summed E-state index contributed by atoms with van der Waals surface area (Å²) in [5.74, 6) is 3.10. The van der Waals surface area contributed by atoms with Crippen LogP contribution < -0.4 is 0 Å². The molecule has 0 spiro atoms. The molecular weight excluding hydrogens is 230 g/mol. The number of aryl methyl sites for hydroxylation is 1. The highest BCUT2D eigenvalue weighted by Gasteiger charge is 2.23. The van der Waals surface area contributed by atoms with Gasteiger partial charge in [-0.1, -0.05) is 11.6 Å². The van der Waals surface area contributed by atoms with E-state index in [0.29, 0.717) is 11.2 Å². The fourth-order valence-electron chi connectivity index (χ4n) is 1.66. The molecule has 1 aliphatic heterocycles. The number of hydrogen-bond donors (Lipinski definition) is 0. The Balaban J connectivity index is 2.27. The maximum atomic E-state index is 5.94. The third-order valence-corrected chi connectivity index (χ3v) is 3.75. The van der Waals surface area contributed by atoms with Crippen molar-refractivity contribution < 1.29 is 0 Å². The molecule has 1 unspecified atom stereocenters. The lowest BCUT2D eigenvalue weighted by Crippen LogP contribution is -2.33. The molecule has 0 amide bonds. The molecule has 1 saturated heterocycles. The molecule has 0 saturated carbocycles. The minimum atomic E-state index is 0.307. The van der Waals surface area contributed by atoms with Crippen LogP contribution in [0.15, 0.2) is 6.07 Å². The number of halogens is 1. The summed E-state index contributed by atoms with van der Waals surface area (Å²) in [6, 6.07) is 2.10. The Kier molecular flexibility index (Phi) is 3.49. The minimum absolute atomic E-state index is 0.307. The zero-order chi connectivity index (χ0) is 10.8. The molecule has 82 valence electrons. The van der Waals surface area contributed by atoms with E-state index in [-0.39, 0.29) is 0 Å². The monoisotopic (exact) mass is 243 g/mol. The molecule has 2 heterocycles. The fraction of sp³-hybridized carbons (Fsp3) is 0.600. The van der Waals surface area contributed by atoms with Crippen molar-refractivity contribution in [2.24, 2.45) is 0 Å². The highest BCUT2D eigenvalue weighted by Crippen LogP contribution is 2.26. The van der Waals surface area contributed by atoms with Gasteiger partial charge in [-0.3, -0.25) is 4.90 Å². The van der Waals surface area contributed by atoms with Gasteiger partial charge in [-0.15, -0.1) is 0 Å². The van der Waals surface area contributed by atoms with E-state index in [1.54, 1.807) is 6.07 Å². The maximum Gasteiger partial charge on any atom is 0.148 e. The van der Waals surface area contributed by atoms with Gasteiger partial charge in [-0.25, -0.2) is 9.97 Å². The van der Waals surface area contributed by atoms with Gasteiger partial charge in [-0.2, -0.15) is 11.8 Å². The summed E-state index contributed by atoms with van der Waals surface area (Å²) >= 11 is 7.89. The standard InChI is InChI=1S/C10H14ClN3S/c1-7-5-9(11)13-10(12-7)8-6-15-4-3-14(8)2/h5,8H,3-4,6H2,1-2H3. The van der Waals surface area contributed by atoms with E-state index in [0.717, 1.165) is 23.8 Å². The second-order valence-electron chi connectivity index (χ2n) is 3.76. The lowest BCUT2D eigenvalue weighted by Gasteiger charge is -2.30. The van der Waals surface area contributed by atoms with Crippen LogP contribution in [0, 0.1) is 6.92 Å². The quantitative estimate of drug-likeness (QED) is 0.707. The van der Waals surface area contributed by atoms with Crippen LogP contribution in [0.25, 0.3) is 0 Å². The van der Waals surface area contributed by atoms with Crippen molar-refractivity contribution in [2.45, 2.75) is 13.0 Å². The number of rotatable bonds is 1. The molecule has 15 heavy (non-hydrogen) atoms. The Morgan fingerprint density at radius 3 is 3.00 bits per heavy atom. The van der Waals surface area contributed by atoms with Crippen molar-refractivity contribution in [1.29, 1.82) is 0 Å². The topological polar surface area (TPSA) is 29.0 Å². The zero-order valence-electron chi connectivity index (χ0n) is 8.90. The number of thioether (sulfide) groups is 1. The Labute approximate surface area is 99.2 Å². The number of nitrogens with zero attached hydrogens (tertiary/aromatic N) is 3. The Bertz CT molecular complexity index is 338. The van der Waals surface area contributed by atoms with E-state index in [2.05, 4.69) is 21.9 Å². The van der Waals surface area contributed by atoms with Crippen LogP contribution in [0.1, 0.15) is 17.6 Å². The van der Waals surface area contributed by atoms with E-state index >= 15 is 0 Å². The van der Waals surface area contributed by atoms with E-state index < -0.39 is 0 Å². The van der Waals surface area contributed by atoms with Crippen molar-refractivity contribution in [2.75, 3.05) is 25.1 Å². The first-order valence-electron chi connectivity index (χ1n) is 4.96. The summed E-state index contributed by atoms with van der Waals surface area (Å²) in [5.41, 5.74) is 0.939. The highest BCUT2D eigenvalue weighted by atomic mass is 35.5. The summed E-state index contributed by atoms with van der Waals surface area (Å²) < 4.78 is 0. The van der Waals surface area contributed by atoms with Gasteiger partial charge in [0.25, 0.3) is 0 Å². The Morgan fingerprint density at radius 2 is 2.33 bits per heavy atom. The molecule has 1 fully saturated rings. The van der Waals surface area contributed by atoms with Gasteiger partial charge in [0.05, 0.1) is 6.04 Å². The van der Waals surface area contributed by atoms with Crippen LogP contribution in [-0.4, -0.2) is 40.0 Å². The van der Waals surface area contributed by atoms with Crippen molar-refractivity contribution in [3.05, 3.63) is 22.7 Å². The molecule has 0 aromatic carbocycles. The van der Waals surface area contributed by atoms with Crippen molar-refractivity contribution in [3.63, 3.8) is 0 Å². The molecule has 1 aromatic rings. The van der Waals surface area contributed by atoms with Crippen molar-refractivity contribution in [3.8, 4) is 0 Å². The summed E-state index contributed by atoms with van der Waals surface area (Å²) in [4.78, 5) is 11.1. The molecule has 1 aromatic heterocycles. The van der Waals surface area contributed by atoms with E-state index in [1.165, 1.54) is 5.75 Å². The minimum Gasteiger partial charge on any atom is -0.295 e. The van der Waals surface area contributed by atoms with Crippen LogP contribution in [-0.2, 0) is 0 Å². The second-order valence-corrected chi connectivity index (χ2v) is 5.30. The first-order chi connectivity index (χ1) is 7.16. The molecule has 1 aliphatic rings. The van der Waals surface area contributed by atoms with Crippen molar-refractivity contribution in [1.82, 2.24) is 14.9 Å². The van der Waals surface area contributed by atoms with Gasteiger partial charge < -0.3 is 0 Å². The van der Waals surface area contributed by atoms with Gasteiger partial charge in [0.1, 0.15) is 11.0 Å². The SMILES string of the molecule is Cc1cc(Cl)nc(C2CSCCN2C)n1. The van der Waals surface area contributed by atoms with E-state index in [4.69, 9.17) is 11.6 Å².